The van der Waals surface area contributed by atoms with Crippen LogP contribution in [-0.4, -0.2) is 66.7 Å². The van der Waals surface area contributed by atoms with Gasteiger partial charge < -0.3 is 20.3 Å². The van der Waals surface area contributed by atoms with E-state index in [1.807, 2.05) is 0 Å². The highest BCUT2D eigenvalue weighted by atomic mass is 19.4. The Morgan fingerprint density at radius 3 is 2.30 bits per heavy atom. The number of esters is 1. The summed E-state index contributed by atoms with van der Waals surface area (Å²) in [6, 6.07) is 14.3. The molecule has 1 saturated carbocycles. The molecule has 2 aromatic rings. The van der Waals surface area contributed by atoms with E-state index in [0.717, 1.165) is 5.56 Å². The molecule has 2 aromatic carbocycles. The number of halogens is 4. The van der Waals surface area contributed by atoms with Crippen LogP contribution in [0.2, 0.25) is 0 Å². The van der Waals surface area contributed by atoms with Crippen molar-refractivity contribution in [2.45, 2.75) is 55.8 Å². The lowest BCUT2D eigenvalue weighted by atomic mass is 9.68. The van der Waals surface area contributed by atoms with Crippen molar-refractivity contribution in [2.75, 3.05) is 26.2 Å². The Balaban J connectivity index is 1.21. The molecule has 2 aliphatic heterocycles. The highest BCUT2D eigenvalue weighted by Crippen LogP contribution is 2.55. The zero-order valence-electron chi connectivity index (χ0n) is 22.0. The monoisotopic (exact) mass is 561 g/mol. The number of carbonyl (C=O) groups is 3. The number of piperidine rings is 1. The molecule has 40 heavy (non-hydrogen) atoms. The van der Waals surface area contributed by atoms with Crippen LogP contribution in [0.5, 0.6) is 0 Å². The summed E-state index contributed by atoms with van der Waals surface area (Å²) in [6.07, 6.45) is -4.11. The van der Waals surface area contributed by atoms with Gasteiger partial charge in [0.2, 0.25) is 5.91 Å². The van der Waals surface area contributed by atoms with Crippen LogP contribution < -0.4 is 10.6 Å². The number of nitrogens with zero attached hydrogens (tertiary/aromatic N) is 1. The van der Waals surface area contributed by atoms with Crippen LogP contribution >= 0.6 is 0 Å². The van der Waals surface area contributed by atoms with Gasteiger partial charge >= 0.3 is 12.1 Å². The van der Waals surface area contributed by atoms with Crippen molar-refractivity contribution in [1.82, 2.24) is 15.5 Å². The van der Waals surface area contributed by atoms with Crippen molar-refractivity contribution >= 4 is 17.8 Å². The lowest BCUT2D eigenvalue weighted by molar-refractivity contribution is -0.207. The van der Waals surface area contributed by atoms with Crippen LogP contribution in [0.25, 0.3) is 0 Å². The van der Waals surface area contributed by atoms with Gasteiger partial charge in [-0.15, -0.1) is 0 Å². The summed E-state index contributed by atoms with van der Waals surface area (Å²) in [5.74, 6) is -4.25. The van der Waals surface area contributed by atoms with E-state index in [0.29, 0.717) is 44.6 Å². The van der Waals surface area contributed by atoms with E-state index in [2.05, 4.69) is 15.5 Å². The van der Waals surface area contributed by atoms with Gasteiger partial charge in [-0.1, -0.05) is 42.5 Å². The number of ether oxygens (including phenoxy) is 1. The summed E-state index contributed by atoms with van der Waals surface area (Å²) in [4.78, 5) is 40.0. The molecule has 2 saturated heterocycles. The van der Waals surface area contributed by atoms with Gasteiger partial charge in [0.1, 0.15) is 5.82 Å². The highest BCUT2D eigenvalue weighted by Gasteiger charge is 2.66. The van der Waals surface area contributed by atoms with E-state index in [1.165, 1.54) is 12.1 Å². The van der Waals surface area contributed by atoms with Gasteiger partial charge in [0.05, 0.1) is 5.41 Å². The van der Waals surface area contributed by atoms with E-state index < -0.39 is 41.0 Å². The number of benzene rings is 2. The van der Waals surface area contributed by atoms with Crippen molar-refractivity contribution in [3.05, 3.63) is 71.5 Å². The Labute approximate surface area is 229 Å². The van der Waals surface area contributed by atoms with Crippen molar-refractivity contribution in [2.24, 2.45) is 5.41 Å². The molecule has 0 bridgehead atoms. The number of rotatable bonds is 7. The number of amides is 2. The molecule has 0 radical (unpaired) electrons. The van der Waals surface area contributed by atoms with Gasteiger partial charge in [0.15, 0.2) is 5.60 Å². The van der Waals surface area contributed by atoms with E-state index in [9.17, 15) is 31.9 Å². The Kier molecular flexibility index (Phi) is 7.37. The summed E-state index contributed by atoms with van der Waals surface area (Å²) in [6.45, 7) is 3.78. The molecule has 2 N–H and O–H groups in total. The molecule has 4 atom stereocenters. The quantitative estimate of drug-likeness (QED) is 0.398. The maximum atomic E-state index is 13.5. The predicted octanol–water partition coefficient (Wildman–Crippen LogP) is 3.66. The number of hydrogen-bond donors (Lipinski definition) is 2. The fourth-order valence-electron chi connectivity index (χ4n) is 6.30. The molecule has 214 valence electrons. The van der Waals surface area contributed by atoms with E-state index in [1.54, 1.807) is 49.4 Å². The fraction of sp³-hybridized carbons (Fsp3) is 0.483. The third-order valence-corrected chi connectivity index (χ3v) is 8.52. The molecule has 5 rings (SSSR count). The molecule has 2 amide bonds. The first kappa shape index (κ1) is 28.1. The zero-order chi connectivity index (χ0) is 28.7. The third kappa shape index (κ3) is 5.31. The summed E-state index contributed by atoms with van der Waals surface area (Å²) in [7, 11) is 0. The molecule has 2 heterocycles. The highest BCUT2D eigenvalue weighted by molar-refractivity contribution is 5.93. The summed E-state index contributed by atoms with van der Waals surface area (Å²) in [5, 5.41) is 5.72. The minimum absolute atomic E-state index is 0.0167. The normalized spacial score (nSPS) is 26.7. The fourth-order valence-corrected chi connectivity index (χ4v) is 6.30. The maximum Gasteiger partial charge on any atom is 0.490 e. The smallest absolute Gasteiger partial charge is 0.442 e. The number of hydrogen-bond acceptors (Lipinski definition) is 5. The van der Waals surface area contributed by atoms with Crippen molar-refractivity contribution < 1.29 is 36.7 Å². The Morgan fingerprint density at radius 2 is 1.68 bits per heavy atom. The molecule has 3 fully saturated rings. The zero-order valence-corrected chi connectivity index (χ0v) is 22.0. The van der Waals surface area contributed by atoms with Crippen LogP contribution in [-0.2, 0) is 19.1 Å². The van der Waals surface area contributed by atoms with Crippen molar-refractivity contribution in [1.29, 1.82) is 0 Å². The average molecular weight is 562 g/mol. The molecular formula is C29H31F4N3O4. The van der Waals surface area contributed by atoms with Gasteiger partial charge in [-0.2, -0.15) is 13.2 Å². The molecule has 11 heteroatoms. The summed E-state index contributed by atoms with van der Waals surface area (Å²) < 4.78 is 57.3. The van der Waals surface area contributed by atoms with Gasteiger partial charge in [-0.05, 0) is 56.1 Å². The van der Waals surface area contributed by atoms with Gasteiger partial charge in [0, 0.05) is 37.4 Å². The second-order valence-electron chi connectivity index (χ2n) is 11.1. The molecule has 7 nitrogen and oxygen atoms in total. The van der Waals surface area contributed by atoms with E-state index in [4.69, 9.17) is 4.74 Å². The summed E-state index contributed by atoms with van der Waals surface area (Å²) >= 11 is 0. The SMILES string of the molecule is C[C@@H](CN1CCC2(CC1)C(=O)NC[C@@H]2c1ccc(F)cc1)NC(=O)C1(OC(=O)C(F)(F)F)CC1c1ccccc1. The average Bonchev–Trinajstić information content (AvgIpc) is 3.57. The van der Waals surface area contributed by atoms with Gasteiger partial charge in [-0.3, -0.25) is 9.59 Å². The Morgan fingerprint density at radius 1 is 1.05 bits per heavy atom. The number of carbonyl (C=O) groups excluding carboxylic acids is 3. The first-order chi connectivity index (χ1) is 18.9. The molecule has 1 aliphatic carbocycles. The minimum Gasteiger partial charge on any atom is -0.442 e. The molecular weight excluding hydrogens is 530 g/mol. The minimum atomic E-state index is -5.22. The van der Waals surface area contributed by atoms with E-state index in [-0.39, 0.29) is 24.1 Å². The number of nitrogens with one attached hydrogen (secondary N) is 2. The van der Waals surface area contributed by atoms with Crippen LogP contribution in [0.4, 0.5) is 17.6 Å². The topological polar surface area (TPSA) is 87.7 Å². The van der Waals surface area contributed by atoms with Crippen LogP contribution in [0.15, 0.2) is 54.6 Å². The van der Waals surface area contributed by atoms with Gasteiger partial charge in [0.25, 0.3) is 5.91 Å². The maximum absolute atomic E-state index is 13.5. The first-order valence-corrected chi connectivity index (χ1v) is 13.4. The number of likely N-dealkylation sites (tertiary alicyclic amines) is 1. The number of alkyl halides is 3. The summed E-state index contributed by atoms with van der Waals surface area (Å²) in [5.41, 5.74) is -0.997. The van der Waals surface area contributed by atoms with Crippen molar-refractivity contribution in [3.63, 3.8) is 0 Å². The molecule has 1 spiro atoms. The lowest BCUT2D eigenvalue weighted by Crippen LogP contribution is -2.52. The van der Waals surface area contributed by atoms with Crippen LogP contribution in [0.3, 0.4) is 0 Å². The molecule has 3 aliphatic rings. The van der Waals surface area contributed by atoms with Gasteiger partial charge in [-0.25, -0.2) is 9.18 Å². The van der Waals surface area contributed by atoms with Crippen molar-refractivity contribution in [3.8, 4) is 0 Å². The third-order valence-electron chi connectivity index (χ3n) is 8.52. The van der Waals surface area contributed by atoms with Crippen LogP contribution in [0, 0.1) is 11.2 Å². The second-order valence-corrected chi connectivity index (χ2v) is 11.1. The van der Waals surface area contributed by atoms with E-state index >= 15 is 0 Å². The largest absolute Gasteiger partial charge is 0.490 e. The van der Waals surface area contributed by atoms with Crippen LogP contribution in [0.1, 0.15) is 49.1 Å². The lowest BCUT2D eigenvalue weighted by Gasteiger charge is -2.41. The second kappa shape index (κ2) is 10.5. The molecule has 0 aromatic heterocycles. The standard InChI is InChI=1S/C29H31F4N3O4/c1-18(35-25(38)28(40-26(39)29(31,32)33)15-22(28)19-5-3-2-4-6-19)17-36-13-11-27(12-14-36)23(16-34-24(27)37)20-7-9-21(30)10-8-20/h2-10,18,22-23H,11-17H2,1H3,(H,34,37)(H,35,38)/t18-,22?,23+,28?/m0/s1. The Bertz CT molecular complexity index is 1260. The predicted molar refractivity (Wildman–Crippen MR) is 137 cm³/mol. The molecule has 2 unspecified atom stereocenters. The Hall–Kier alpha value is -3.47. The first-order valence-electron chi connectivity index (χ1n) is 13.4.